The second-order valence-corrected chi connectivity index (χ2v) is 6.41. The normalized spacial score (nSPS) is 17.8. The number of para-hydroxylation sites is 2. The van der Waals surface area contributed by atoms with Crippen LogP contribution in [0.2, 0.25) is 0 Å². The highest BCUT2D eigenvalue weighted by molar-refractivity contribution is 5.96. The van der Waals surface area contributed by atoms with Crippen LogP contribution in [0.15, 0.2) is 28.8 Å². The molecule has 4 rings (SSSR count). The third-order valence-electron chi connectivity index (χ3n) is 4.84. The highest BCUT2D eigenvalue weighted by Crippen LogP contribution is 2.29. The van der Waals surface area contributed by atoms with Gasteiger partial charge in [-0.3, -0.25) is 4.79 Å². The first kappa shape index (κ1) is 14.9. The Morgan fingerprint density at radius 1 is 1.25 bits per heavy atom. The number of amides is 1. The lowest BCUT2D eigenvalue weighted by atomic mass is 10.2. The molecule has 0 aliphatic carbocycles. The lowest BCUT2D eigenvalue weighted by Crippen LogP contribution is -2.30. The highest BCUT2D eigenvalue weighted by Gasteiger charge is 2.32. The molecule has 0 unspecified atom stereocenters. The van der Waals surface area contributed by atoms with Gasteiger partial charge in [-0.25, -0.2) is 4.98 Å². The summed E-state index contributed by atoms with van der Waals surface area (Å²) in [6, 6.07) is 8.40. The zero-order valence-corrected chi connectivity index (χ0v) is 14.1. The van der Waals surface area contributed by atoms with Crippen molar-refractivity contribution in [1.82, 2.24) is 19.6 Å². The molecule has 3 aromatic rings. The van der Waals surface area contributed by atoms with Crippen LogP contribution in [0.4, 0.5) is 0 Å². The van der Waals surface area contributed by atoms with Crippen LogP contribution in [0.5, 0.6) is 0 Å². The van der Waals surface area contributed by atoms with E-state index in [1.807, 2.05) is 36.9 Å². The van der Waals surface area contributed by atoms with Crippen molar-refractivity contribution in [2.24, 2.45) is 0 Å². The molecule has 1 aromatic carbocycles. The molecule has 0 N–H and O–H groups in total. The standard InChI is InChI=1S/C18H20N4O2/c1-11-17(12(2)24-20-11)18(23)21-9-8-14(10-21)22-13(3)19-15-6-4-5-7-16(15)22/h4-7,14H,8-10H2,1-3H3/t14-/m0/s1. The second kappa shape index (κ2) is 5.47. The molecule has 0 saturated carbocycles. The minimum absolute atomic E-state index is 0.0100. The van der Waals surface area contributed by atoms with E-state index in [0.29, 0.717) is 23.6 Å². The topological polar surface area (TPSA) is 64.2 Å². The maximum absolute atomic E-state index is 12.8. The van der Waals surface area contributed by atoms with Crippen LogP contribution in [0, 0.1) is 20.8 Å². The summed E-state index contributed by atoms with van der Waals surface area (Å²) in [6.07, 6.45) is 0.927. The Labute approximate surface area is 140 Å². The number of aromatic nitrogens is 3. The number of imidazole rings is 1. The summed E-state index contributed by atoms with van der Waals surface area (Å²) in [5.74, 6) is 1.59. The smallest absolute Gasteiger partial charge is 0.259 e. The van der Waals surface area contributed by atoms with Gasteiger partial charge in [0, 0.05) is 13.1 Å². The molecule has 6 heteroatoms. The van der Waals surface area contributed by atoms with Gasteiger partial charge in [-0.05, 0) is 39.3 Å². The van der Waals surface area contributed by atoms with E-state index in [1.165, 1.54) is 0 Å². The van der Waals surface area contributed by atoms with E-state index in [9.17, 15) is 4.79 Å². The molecular formula is C18H20N4O2. The molecule has 1 aliphatic rings. The van der Waals surface area contributed by atoms with Crippen LogP contribution in [0.3, 0.4) is 0 Å². The van der Waals surface area contributed by atoms with Gasteiger partial charge in [-0.15, -0.1) is 0 Å². The first-order valence-electron chi connectivity index (χ1n) is 8.22. The Morgan fingerprint density at radius 3 is 2.79 bits per heavy atom. The van der Waals surface area contributed by atoms with Gasteiger partial charge in [-0.1, -0.05) is 17.3 Å². The van der Waals surface area contributed by atoms with Crippen LogP contribution in [0.1, 0.15) is 40.1 Å². The SMILES string of the molecule is Cc1noc(C)c1C(=O)N1CC[C@H](n2c(C)nc3ccccc32)C1. The summed E-state index contributed by atoms with van der Waals surface area (Å²) >= 11 is 0. The van der Waals surface area contributed by atoms with E-state index in [0.717, 1.165) is 29.8 Å². The molecule has 6 nitrogen and oxygen atoms in total. The van der Waals surface area contributed by atoms with Gasteiger partial charge in [0.15, 0.2) is 0 Å². The van der Waals surface area contributed by atoms with Crippen molar-refractivity contribution in [1.29, 1.82) is 0 Å². The molecule has 3 heterocycles. The number of hydrogen-bond acceptors (Lipinski definition) is 4. The van der Waals surface area contributed by atoms with Crippen molar-refractivity contribution in [2.45, 2.75) is 33.2 Å². The molecule has 0 bridgehead atoms. The molecule has 0 spiro atoms. The van der Waals surface area contributed by atoms with Crippen LogP contribution in [0.25, 0.3) is 11.0 Å². The fourth-order valence-electron chi connectivity index (χ4n) is 3.71. The van der Waals surface area contributed by atoms with Crippen molar-refractivity contribution in [3.8, 4) is 0 Å². The highest BCUT2D eigenvalue weighted by atomic mass is 16.5. The van der Waals surface area contributed by atoms with E-state index >= 15 is 0 Å². The molecule has 1 aliphatic heterocycles. The maximum Gasteiger partial charge on any atom is 0.259 e. The van der Waals surface area contributed by atoms with Crippen molar-refractivity contribution < 1.29 is 9.32 Å². The van der Waals surface area contributed by atoms with Gasteiger partial charge in [-0.2, -0.15) is 0 Å². The molecule has 1 atom stereocenters. The molecule has 1 saturated heterocycles. The van der Waals surface area contributed by atoms with Gasteiger partial charge in [0.25, 0.3) is 5.91 Å². The summed E-state index contributed by atoms with van der Waals surface area (Å²) in [5.41, 5.74) is 3.39. The third kappa shape index (κ3) is 2.21. The van der Waals surface area contributed by atoms with Crippen LogP contribution in [-0.2, 0) is 0 Å². The molecule has 124 valence electrons. The van der Waals surface area contributed by atoms with Crippen molar-refractivity contribution >= 4 is 16.9 Å². The van der Waals surface area contributed by atoms with Gasteiger partial charge in [0.2, 0.25) is 0 Å². The van der Waals surface area contributed by atoms with Gasteiger partial charge in [0.1, 0.15) is 17.1 Å². The molecular weight excluding hydrogens is 304 g/mol. The van der Waals surface area contributed by atoms with Gasteiger partial charge >= 0.3 is 0 Å². The number of rotatable bonds is 2. The molecule has 24 heavy (non-hydrogen) atoms. The zero-order chi connectivity index (χ0) is 16.8. The number of likely N-dealkylation sites (tertiary alicyclic amines) is 1. The maximum atomic E-state index is 12.8. The number of carbonyl (C=O) groups excluding carboxylic acids is 1. The van der Waals surface area contributed by atoms with Crippen molar-refractivity contribution in [2.75, 3.05) is 13.1 Å². The summed E-state index contributed by atoms with van der Waals surface area (Å²) < 4.78 is 7.40. The minimum Gasteiger partial charge on any atom is -0.361 e. The average Bonchev–Trinajstić information content (AvgIpc) is 3.23. The Hall–Kier alpha value is -2.63. The number of hydrogen-bond donors (Lipinski definition) is 0. The molecule has 1 fully saturated rings. The molecule has 0 radical (unpaired) electrons. The fraction of sp³-hybridized carbons (Fsp3) is 0.389. The fourth-order valence-corrected chi connectivity index (χ4v) is 3.71. The summed E-state index contributed by atoms with van der Waals surface area (Å²) in [5, 5.41) is 3.89. The lowest BCUT2D eigenvalue weighted by molar-refractivity contribution is 0.0785. The zero-order valence-electron chi connectivity index (χ0n) is 14.1. The largest absolute Gasteiger partial charge is 0.361 e. The Kier molecular flexibility index (Phi) is 3.40. The summed E-state index contributed by atoms with van der Waals surface area (Å²) in [6.45, 7) is 7.04. The van der Waals surface area contributed by atoms with Gasteiger partial charge in [0.05, 0.1) is 22.8 Å². The first-order chi connectivity index (χ1) is 11.6. The number of carbonyl (C=O) groups is 1. The van der Waals surface area contributed by atoms with Crippen molar-refractivity contribution in [3.05, 3.63) is 47.1 Å². The number of aryl methyl sites for hydroxylation is 3. The van der Waals surface area contributed by atoms with Crippen LogP contribution in [-0.4, -0.2) is 38.6 Å². The molecule has 2 aromatic heterocycles. The lowest BCUT2D eigenvalue weighted by Gasteiger charge is -2.18. The van der Waals surface area contributed by atoms with E-state index < -0.39 is 0 Å². The van der Waals surface area contributed by atoms with Crippen LogP contribution >= 0.6 is 0 Å². The summed E-state index contributed by atoms with van der Waals surface area (Å²) in [7, 11) is 0. The third-order valence-corrected chi connectivity index (χ3v) is 4.84. The predicted molar refractivity (Wildman–Crippen MR) is 90.0 cm³/mol. The number of fused-ring (bicyclic) bond motifs is 1. The van der Waals surface area contributed by atoms with E-state index in [1.54, 1.807) is 6.92 Å². The van der Waals surface area contributed by atoms with Crippen molar-refractivity contribution in [3.63, 3.8) is 0 Å². The van der Waals surface area contributed by atoms with Gasteiger partial charge < -0.3 is 14.0 Å². The Balaban J connectivity index is 1.63. The van der Waals surface area contributed by atoms with E-state index in [-0.39, 0.29) is 11.9 Å². The Bertz CT molecular complexity index is 905. The second-order valence-electron chi connectivity index (χ2n) is 6.41. The number of nitrogens with zero attached hydrogens (tertiary/aromatic N) is 4. The number of benzene rings is 1. The first-order valence-corrected chi connectivity index (χ1v) is 8.22. The molecule has 1 amide bonds. The van der Waals surface area contributed by atoms with Crippen LogP contribution < -0.4 is 0 Å². The monoisotopic (exact) mass is 324 g/mol. The minimum atomic E-state index is 0.0100. The van der Waals surface area contributed by atoms with E-state index in [4.69, 9.17) is 4.52 Å². The summed E-state index contributed by atoms with van der Waals surface area (Å²) in [4.78, 5) is 19.3. The Morgan fingerprint density at radius 2 is 2.04 bits per heavy atom. The van der Waals surface area contributed by atoms with E-state index in [2.05, 4.69) is 20.8 Å². The quantitative estimate of drug-likeness (QED) is 0.727. The predicted octanol–water partition coefficient (Wildman–Crippen LogP) is 3.04. The average molecular weight is 324 g/mol.